The summed E-state index contributed by atoms with van der Waals surface area (Å²) in [6.45, 7) is 1.34. The molecule has 0 aliphatic carbocycles. The zero-order valence-electron chi connectivity index (χ0n) is 7.59. The zero-order valence-corrected chi connectivity index (χ0v) is 9.92. The van der Waals surface area contributed by atoms with Crippen molar-refractivity contribution in [3.8, 4) is 5.75 Å². The van der Waals surface area contributed by atoms with E-state index in [1.54, 1.807) is 0 Å². The number of halogens is 3. The van der Waals surface area contributed by atoms with Crippen LogP contribution in [0.25, 0.3) is 0 Å². The van der Waals surface area contributed by atoms with Crippen LogP contribution in [0.15, 0.2) is 6.07 Å². The van der Waals surface area contributed by atoms with Gasteiger partial charge in [-0.3, -0.25) is 0 Å². The van der Waals surface area contributed by atoms with Gasteiger partial charge in [0.15, 0.2) is 0 Å². The van der Waals surface area contributed by atoms with Crippen LogP contribution in [0.5, 0.6) is 5.75 Å². The van der Waals surface area contributed by atoms with E-state index in [1.165, 1.54) is 6.92 Å². The highest BCUT2D eigenvalue weighted by Gasteiger charge is 2.18. The molecule has 1 aromatic carbocycles. The third-order valence-electron chi connectivity index (χ3n) is 1.89. The maximum atomic E-state index is 13.2. The van der Waals surface area contributed by atoms with Crippen molar-refractivity contribution >= 4 is 31.3 Å². The van der Waals surface area contributed by atoms with Crippen LogP contribution in [-0.4, -0.2) is 13.5 Å². The third-order valence-corrected chi connectivity index (χ3v) is 3.14. The molecule has 0 bridgehead atoms. The molecule has 1 N–H and O–H groups in total. The molecule has 0 saturated heterocycles. The molecule has 0 heterocycles. The van der Waals surface area contributed by atoms with Gasteiger partial charge < -0.3 is 5.11 Å². The molecule has 0 fully saturated rings. The first-order valence-corrected chi connectivity index (χ1v) is 6.67. The Hall–Kier alpha value is -0.520. The molecule has 0 aliphatic heterocycles. The highest BCUT2D eigenvalue weighted by molar-refractivity contribution is 8.13. The number of phenolic OH excluding ortho intramolecular Hbond substituents is 1. The van der Waals surface area contributed by atoms with Crippen LogP contribution in [0.1, 0.15) is 11.1 Å². The lowest BCUT2D eigenvalue weighted by molar-refractivity contribution is 0.466. The van der Waals surface area contributed by atoms with Gasteiger partial charge in [-0.25, -0.2) is 12.8 Å². The average molecular weight is 273 g/mol. The van der Waals surface area contributed by atoms with Gasteiger partial charge in [0.2, 0.25) is 9.05 Å². The molecule has 0 saturated carbocycles. The summed E-state index contributed by atoms with van der Waals surface area (Å²) in [6, 6.07) is 0.913. The fraction of sp³-hybridized carbons (Fsp3) is 0.250. The zero-order chi connectivity index (χ0) is 11.8. The monoisotopic (exact) mass is 272 g/mol. The summed E-state index contributed by atoms with van der Waals surface area (Å²) in [6.07, 6.45) is 0. The molecular formula is C8H7Cl2FO3S. The van der Waals surface area contributed by atoms with Crippen LogP contribution >= 0.6 is 22.3 Å². The van der Waals surface area contributed by atoms with E-state index in [0.717, 1.165) is 6.07 Å². The Morgan fingerprint density at radius 1 is 1.53 bits per heavy atom. The van der Waals surface area contributed by atoms with Crippen molar-refractivity contribution in [1.29, 1.82) is 0 Å². The molecule has 3 nitrogen and oxygen atoms in total. The van der Waals surface area contributed by atoms with Crippen molar-refractivity contribution in [3.63, 3.8) is 0 Å². The minimum atomic E-state index is -3.87. The van der Waals surface area contributed by atoms with Crippen LogP contribution in [0, 0.1) is 12.7 Å². The van der Waals surface area contributed by atoms with Crippen molar-refractivity contribution in [3.05, 3.63) is 28.0 Å². The molecule has 0 amide bonds. The van der Waals surface area contributed by atoms with Gasteiger partial charge in [0, 0.05) is 16.2 Å². The number of rotatable bonds is 2. The molecular weight excluding hydrogens is 266 g/mol. The summed E-state index contributed by atoms with van der Waals surface area (Å²) in [5, 5.41) is 9.20. The van der Waals surface area contributed by atoms with E-state index in [0.29, 0.717) is 0 Å². The van der Waals surface area contributed by atoms with Gasteiger partial charge >= 0.3 is 0 Å². The predicted octanol–water partition coefficient (Wildman–Crippen LogP) is 2.56. The second-order valence-electron chi connectivity index (χ2n) is 2.98. The molecule has 0 radical (unpaired) electrons. The van der Waals surface area contributed by atoms with Crippen LogP contribution < -0.4 is 0 Å². The minimum Gasteiger partial charge on any atom is -0.506 e. The number of hydrogen-bond acceptors (Lipinski definition) is 3. The topological polar surface area (TPSA) is 54.4 Å². The van der Waals surface area contributed by atoms with Gasteiger partial charge in [0.1, 0.15) is 11.6 Å². The van der Waals surface area contributed by atoms with E-state index >= 15 is 0 Å². The molecule has 7 heteroatoms. The number of aromatic hydroxyl groups is 1. The molecule has 15 heavy (non-hydrogen) atoms. The first-order chi connectivity index (χ1) is 6.72. The Bertz CT molecular complexity index is 473. The van der Waals surface area contributed by atoms with Crippen molar-refractivity contribution in [2.75, 3.05) is 0 Å². The minimum absolute atomic E-state index is 0.0149. The average Bonchev–Trinajstić information content (AvgIpc) is 2.08. The van der Waals surface area contributed by atoms with E-state index in [1.807, 2.05) is 0 Å². The van der Waals surface area contributed by atoms with E-state index < -0.39 is 26.4 Å². The van der Waals surface area contributed by atoms with Crippen molar-refractivity contribution in [2.24, 2.45) is 0 Å². The van der Waals surface area contributed by atoms with Crippen molar-refractivity contribution in [2.45, 2.75) is 12.7 Å². The number of hydrogen-bond donors (Lipinski definition) is 1. The third kappa shape index (κ3) is 2.96. The lowest BCUT2D eigenvalue weighted by atomic mass is 10.1. The Labute approximate surface area is 95.9 Å². The van der Waals surface area contributed by atoms with Crippen molar-refractivity contribution < 1.29 is 17.9 Å². The van der Waals surface area contributed by atoms with Gasteiger partial charge in [-0.2, -0.15) is 0 Å². The van der Waals surface area contributed by atoms with Gasteiger partial charge in [-0.1, -0.05) is 11.6 Å². The second kappa shape index (κ2) is 4.15. The van der Waals surface area contributed by atoms with Crippen molar-refractivity contribution in [1.82, 2.24) is 0 Å². The highest BCUT2D eigenvalue weighted by atomic mass is 35.7. The van der Waals surface area contributed by atoms with E-state index in [-0.39, 0.29) is 16.1 Å². The predicted molar refractivity (Wildman–Crippen MR) is 56.3 cm³/mol. The lowest BCUT2D eigenvalue weighted by Crippen LogP contribution is -2.00. The van der Waals surface area contributed by atoms with Crippen LogP contribution in [0.2, 0.25) is 5.02 Å². The lowest BCUT2D eigenvalue weighted by Gasteiger charge is -2.09. The Kier molecular flexibility index (Phi) is 3.48. The summed E-state index contributed by atoms with van der Waals surface area (Å²) in [5.41, 5.74) is -0.101. The summed E-state index contributed by atoms with van der Waals surface area (Å²) in [4.78, 5) is 0. The first kappa shape index (κ1) is 12.5. The highest BCUT2D eigenvalue weighted by Crippen LogP contribution is 2.33. The van der Waals surface area contributed by atoms with E-state index in [4.69, 9.17) is 22.3 Å². The van der Waals surface area contributed by atoms with Crippen LogP contribution in [0.3, 0.4) is 0 Å². The largest absolute Gasteiger partial charge is 0.506 e. The Balaban J connectivity index is 3.40. The Morgan fingerprint density at radius 2 is 2.07 bits per heavy atom. The fourth-order valence-electron chi connectivity index (χ4n) is 1.10. The molecule has 0 atom stereocenters. The molecule has 84 valence electrons. The molecule has 0 spiro atoms. The van der Waals surface area contributed by atoms with Crippen LogP contribution in [-0.2, 0) is 14.8 Å². The summed E-state index contributed by atoms with van der Waals surface area (Å²) < 4.78 is 34.8. The van der Waals surface area contributed by atoms with E-state index in [9.17, 15) is 17.9 Å². The SMILES string of the molecule is Cc1c(F)cc(Cl)c(O)c1CS(=O)(=O)Cl. The maximum Gasteiger partial charge on any atom is 0.236 e. The molecule has 1 rings (SSSR count). The number of phenols is 1. The molecule has 0 aromatic heterocycles. The summed E-state index contributed by atoms with van der Waals surface area (Å²) in [7, 11) is 1.14. The van der Waals surface area contributed by atoms with Gasteiger partial charge in [0.25, 0.3) is 0 Å². The Morgan fingerprint density at radius 3 is 2.53 bits per heavy atom. The van der Waals surface area contributed by atoms with Crippen LogP contribution in [0.4, 0.5) is 4.39 Å². The standard InChI is InChI=1S/C8H7Cl2FO3S/c1-4-5(3-15(10,13)14)8(12)6(9)2-7(4)11/h2,12H,3H2,1H3. The first-order valence-electron chi connectivity index (χ1n) is 3.81. The molecule has 0 aliphatic rings. The quantitative estimate of drug-likeness (QED) is 0.842. The van der Waals surface area contributed by atoms with Gasteiger partial charge in [-0.05, 0) is 18.6 Å². The van der Waals surface area contributed by atoms with Gasteiger partial charge in [-0.15, -0.1) is 0 Å². The summed E-state index contributed by atoms with van der Waals surface area (Å²) in [5.74, 6) is -1.81. The number of benzene rings is 1. The smallest absolute Gasteiger partial charge is 0.236 e. The summed E-state index contributed by atoms with van der Waals surface area (Å²) >= 11 is 5.49. The van der Waals surface area contributed by atoms with E-state index in [2.05, 4.69) is 0 Å². The molecule has 1 aromatic rings. The maximum absolute atomic E-state index is 13.2. The fourth-order valence-corrected chi connectivity index (χ4v) is 2.34. The second-order valence-corrected chi connectivity index (χ2v) is 6.16. The van der Waals surface area contributed by atoms with Gasteiger partial charge in [0.05, 0.1) is 10.8 Å². The molecule has 0 unspecified atom stereocenters. The normalized spacial score (nSPS) is 11.7.